The number of hydrogen-bond acceptors (Lipinski definition) is 2. The first-order chi connectivity index (χ1) is 10.3. The maximum absolute atomic E-state index is 10.2. The zero-order valence-corrected chi connectivity index (χ0v) is 12.5. The minimum absolute atomic E-state index is 0.338. The predicted octanol–water partition coefficient (Wildman–Crippen LogP) is 4.93. The van der Waals surface area contributed by atoms with Crippen LogP contribution < -0.4 is 0 Å². The van der Waals surface area contributed by atoms with Gasteiger partial charge < -0.3 is 9.84 Å². The molecule has 0 saturated carbocycles. The Bertz CT molecular complexity index is 573. The van der Waals surface area contributed by atoms with Crippen LogP contribution in [0.25, 0.3) is 11.1 Å². The maximum atomic E-state index is 10.2. The minimum atomic E-state index is 0.338. The van der Waals surface area contributed by atoms with Crippen molar-refractivity contribution in [3.05, 3.63) is 66.4 Å². The first-order valence-electron chi connectivity index (χ1n) is 7.45. The van der Waals surface area contributed by atoms with Crippen LogP contribution in [0.3, 0.4) is 0 Å². The van der Waals surface area contributed by atoms with Crippen LogP contribution in [0, 0.1) is 0 Å². The lowest BCUT2D eigenvalue weighted by atomic mass is 10.0. The van der Waals surface area contributed by atoms with Crippen LogP contribution in [0.5, 0.6) is 5.75 Å². The lowest BCUT2D eigenvalue weighted by Gasteiger charge is -2.08. The molecule has 0 unspecified atom stereocenters. The first kappa shape index (κ1) is 15.2. The van der Waals surface area contributed by atoms with E-state index in [9.17, 15) is 5.11 Å². The molecular formula is C19H22O2. The molecule has 0 aromatic heterocycles. The van der Waals surface area contributed by atoms with Gasteiger partial charge in [0.25, 0.3) is 0 Å². The molecule has 0 saturated heterocycles. The lowest BCUT2D eigenvalue weighted by molar-refractivity contribution is 0.244. The van der Waals surface area contributed by atoms with E-state index in [1.54, 1.807) is 6.26 Å². The smallest absolute Gasteiger partial charge is 0.123 e. The van der Waals surface area contributed by atoms with Gasteiger partial charge in [-0.1, -0.05) is 55.5 Å². The van der Waals surface area contributed by atoms with Crippen molar-refractivity contribution in [1.29, 1.82) is 0 Å². The van der Waals surface area contributed by atoms with E-state index in [4.69, 9.17) is 4.74 Å². The monoisotopic (exact) mass is 282 g/mol. The summed E-state index contributed by atoms with van der Waals surface area (Å²) < 4.78 is 5.38. The molecule has 0 aliphatic carbocycles. The molecule has 2 nitrogen and oxygen atoms in total. The van der Waals surface area contributed by atoms with Crippen molar-refractivity contribution in [3.63, 3.8) is 0 Å². The number of aromatic hydroxyl groups is 1. The largest absolute Gasteiger partial charge is 0.507 e. The highest BCUT2D eigenvalue weighted by atomic mass is 16.5. The Morgan fingerprint density at radius 3 is 2.62 bits per heavy atom. The molecule has 0 atom stereocenters. The Morgan fingerprint density at radius 1 is 1.10 bits per heavy atom. The fourth-order valence-electron chi connectivity index (χ4n) is 2.19. The molecule has 2 rings (SSSR count). The Balaban J connectivity index is 1.92. The summed E-state index contributed by atoms with van der Waals surface area (Å²) in [5, 5.41) is 10.2. The topological polar surface area (TPSA) is 29.5 Å². The molecule has 0 fully saturated rings. The number of phenolic OH excluding ortho intramolecular Hbond substituents is 1. The summed E-state index contributed by atoms with van der Waals surface area (Å²) in [5.74, 6) is 0.338. The van der Waals surface area contributed by atoms with Crippen LogP contribution in [-0.2, 0) is 11.2 Å². The van der Waals surface area contributed by atoms with E-state index < -0.39 is 0 Å². The fraction of sp³-hybridized carbons (Fsp3) is 0.263. The molecular weight excluding hydrogens is 260 g/mol. The highest BCUT2D eigenvalue weighted by Crippen LogP contribution is 2.29. The number of ether oxygens (including phenoxy) is 1. The summed E-state index contributed by atoms with van der Waals surface area (Å²) >= 11 is 0. The third-order valence-corrected chi connectivity index (χ3v) is 3.30. The molecule has 2 aromatic carbocycles. The van der Waals surface area contributed by atoms with Crippen molar-refractivity contribution in [2.75, 3.05) is 6.61 Å². The summed E-state index contributed by atoms with van der Waals surface area (Å²) in [6.45, 7) is 2.79. The van der Waals surface area contributed by atoms with E-state index in [2.05, 4.69) is 13.0 Å². The molecule has 110 valence electrons. The number of benzene rings is 2. The number of allylic oxidation sites excluding steroid dienone is 1. The standard InChI is InChI=1S/C19H22O2/c1-2-3-13-21-14-7-8-16-11-12-18(19(20)15-16)17-9-5-4-6-10-17/h3-6,9-13,15,20H,2,7-8,14H2,1H3. The Morgan fingerprint density at radius 2 is 1.90 bits per heavy atom. The van der Waals surface area contributed by atoms with Gasteiger partial charge in [-0.2, -0.15) is 0 Å². The second-order valence-corrected chi connectivity index (χ2v) is 4.97. The number of aryl methyl sites for hydroxylation is 1. The van der Waals surface area contributed by atoms with Gasteiger partial charge in [0.2, 0.25) is 0 Å². The van der Waals surface area contributed by atoms with E-state index in [1.807, 2.05) is 48.5 Å². The van der Waals surface area contributed by atoms with E-state index in [-0.39, 0.29) is 0 Å². The number of rotatable bonds is 7. The van der Waals surface area contributed by atoms with Gasteiger partial charge in [-0.3, -0.25) is 0 Å². The number of phenols is 1. The molecule has 0 aliphatic heterocycles. The van der Waals surface area contributed by atoms with Crippen molar-refractivity contribution in [1.82, 2.24) is 0 Å². The first-order valence-corrected chi connectivity index (χ1v) is 7.45. The Hall–Kier alpha value is -2.22. The van der Waals surface area contributed by atoms with Crippen LogP contribution in [-0.4, -0.2) is 11.7 Å². The van der Waals surface area contributed by atoms with Gasteiger partial charge in [0.15, 0.2) is 0 Å². The molecule has 21 heavy (non-hydrogen) atoms. The summed E-state index contributed by atoms with van der Waals surface area (Å²) in [4.78, 5) is 0. The Labute approximate surface area is 126 Å². The third-order valence-electron chi connectivity index (χ3n) is 3.30. The highest BCUT2D eigenvalue weighted by Gasteiger charge is 2.04. The molecule has 0 amide bonds. The van der Waals surface area contributed by atoms with Crippen LogP contribution in [0.15, 0.2) is 60.9 Å². The van der Waals surface area contributed by atoms with Gasteiger partial charge in [0, 0.05) is 5.56 Å². The normalized spacial score (nSPS) is 10.9. The van der Waals surface area contributed by atoms with Crippen LogP contribution >= 0.6 is 0 Å². The predicted molar refractivity (Wildman–Crippen MR) is 87.2 cm³/mol. The Kier molecular flexibility index (Phi) is 5.89. The van der Waals surface area contributed by atoms with Gasteiger partial charge in [-0.15, -0.1) is 0 Å². The maximum Gasteiger partial charge on any atom is 0.123 e. The van der Waals surface area contributed by atoms with Crippen LogP contribution in [0.1, 0.15) is 25.3 Å². The van der Waals surface area contributed by atoms with E-state index >= 15 is 0 Å². The third kappa shape index (κ3) is 4.67. The van der Waals surface area contributed by atoms with Gasteiger partial charge in [0.1, 0.15) is 5.75 Å². The molecule has 0 heterocycles. The molecule has 1 N–H and O–H groups in total. The van der Waals surface area contributed by atoms with Crippen LogP contribution in [0.2, 0.25) is 0 Å². The quantitative estimate of drug-likeness (QED) is 0.576. The molecule has 2 heteroatoms. The average molecular weight is 282 g/mol. The molecule has 0 spiro atoms. The molecule has 2 aromatic rings. The lowest BCUT2D eigenvalue weighted by Crippen LogP contribution is -1.92. The molecule has 0 bridgehead atoms. The fourth-order valence-corrected chi connectivity index (χ4v) is 2.19. The van der Waals surface area contributed by atoms with Crippen molar-refractivity contribution < 1.29 is 9.84 Å². The second-order valence-electron chi connectivity index (χ2n) is 4.97. The van der Waals surface area contributed by atoms with Gasteiger partial charge >= 0.3 is 0 Å². The summed E-state index contributed by atoms with van der Waals surface area (Å²) in [6.07, 6.45) is 6.60. The zero-order chi connectivity index (χ0) is 14.9. The van der Waals surface area contributed by atoms with Crippen molar-refractivity contribution in [2.45, 2.75) is 26.2 Å². The second kappa shape index (κ2) is 8.15. The van der Waals surface area contributed by atoms with Gasteiger partial charge in [0.05, 0.1) is 12.9 Å². The SMILES string of the molecule is CCC=COCCCc1ccc(-c2ccccc2)c(O)c1. The zero-order valence-electron chi connectivity index (χ0n) is 12.5. The molecule has 0 aliphatic rings. The van der Waals surface area contributed by atoms with E-state index in [1.165, 1.54) is 0 Å². The number of hydrogen-bond donors (Lipinski definition) is 1. The summed E-state index contributed by atoms with van der Waals surface area (Å²) in [5.41, 5.74) is 3.05. The van der Waals surface area contributed by atoms with E-state index in [0.29, 0.717) is 12.4 Å². The summed E-state index contributed by atoms with van der Waals surface area (Å²) in [7, 11) is 0. The van der Waals surface area contributed by atoms with Crippen molar-refractivity contribution >= 4 is 0 Å². The molecule has 0 radical (unpaired) electrons. The minimum Gasteiger partial charge on any atom is -0.507 e. The van der Waals surface area contributed by atoms with Crippen molar-refractivity contribution in [2.24, 2.45) is 0 Å². The summed E-state index contributed by atoms with van der Waals surface area (Å²) in [6, 6.07) is 15.8. The van der Waals surface area contributed by atoms with Gasteiger partial charge in [-0.05, 0) is 36.5 Å². The van der Waals surface area contributed by atoms with Crippen molar-refractivity contribution in [3.8, 4) is 16.9 Å². The highest BCUT2D eigenvalue weighted by molar-refractivity contribution is 5.70. The average Bonchev–Trinajstić information content (AvgIpc) is 2.52. The van der Waals surface area contributed by atoms with Crippen LogP contribution in [0.4, 0.5) is 0 Å². The van der Waals surface area contributed by atoms with Gasteiger partial charge in [-0.25, -0.2) is 0 Å². The van der Waals surface area contributed by atoms with E-state index in [0.717, 1.165) is 36.0 Å².